The van der Waals surface area contributed by atoms with Crippen molar-refractivity contribution >= 4 is 5.97 Å². The second-order valence-corrected chi connectivity index (χ2v) is 5.62. The van der Waals surface area contributed by atoms with Gasteiger partial charge in [0.2, 0.25) is 0 Å². The molecule has 0 aromatic rings. The van der Waals surface area contributed by atoms with Crippen molar-refractivity contribution in [3.63, 3.8) is 0 Å². The fourth-order valence-electron chi connectivity index (χ4n) is 3.49. The van der Waals surface area contributed by atoms with Crippen LogP contribution in [-0.4, -0.2) is 49.2 Å². The highest BCUT2D eigenvalue weighted by molar-refractivity contribution is 5.70. The van der Waals surface area contributed by atoms with Crippen molar-refractivity contribution in [2.24, 2.45) is 17.8 Å². The molecule has 0 aromatic heterocycles. The Labute approximate surface area is 103 Å². The molecule has 17 heavy (non-hydrogen) atoms. The molecule has 2 fully saturated rings. The highest BCUT2D eigenvalue weighted by Crippen LogP contribution is 2.33. The molecule has 2 N–H and O–H groups in total. The van der Waals surface area contributed by atoms with E-state index < -0.39 is 5.97 Å². The molecule has 0 radical (unpaired) electrons. The lowest BCUT2D eigenvalue weighted by atomic mass is 9.74. The van der Waals surface area contributed by atoms with Crippen LogP contribution in [0.2, 0.25) is 0 Å². The van der Waals surface area contributed by atoms with E-state index in [0.717, 1.165) is 51.9 Å². The predicted molar refractivity (Wildman–Crippen MR) is 66.9 cm³/mol. The third-order valence-electron chi connectivity index (χ3n) is 4.35. The summed E-state index contributed by atoms with van der Waals surface area (Å²) in [6.45, 7) is 4.05. The molecule has 4 heteroatoms. The van der Waals surface area contributed by atoms with Gasteiger partial charge in [0.25, 0.3) is 0 Å². The Morgan fingerprint density at radius 2 is 2.00 bits per heavy atom. The van der Waals surface area contributed by atoms with E-state index in [4.69, 9.17) is 0 Å². The zero-order valence-electron chi connectivity index (χ0n) is 10.7. The molecule has 2 unspecified atom stereocenters. The van der Waals surface area contributed by atoms with Gasteiger partial charge in [-0.15, -0.1) is 0 Å². The first kappa shape index (κ1) is 12.8. The van der Waals surface area contributed by atoms with Crippen LogP contribution >= 0.6 is 0 Å². The Bertz CT molecular complexity index is 264. The number of likely N-dealkylation sites (tertiary alicyclic amines) is 1. The fourth-order valence-corrected chi connectivity index (χ4v) is 3.49. The minimum atomic E-state index is -0.572. The van der Waals surface area contributed by atoms with E-state index in [1.54, 1.807) is 0 Å². The highest BCUT2D eigenvalue weighted by atomic mass is 16.4. The van der Waals surface area contributed by atoms with Gasteiger partial charge in [0.05, 0.1) is 5.92 Å². The van der Waals surface area contributed by atoms with E-state index in [1.807, 2.05) is 0 Å². The first-order valence-electron chi connectivity index (χ1n) is 6.80. The first-order chi connectivity index (χ1) is 8.18. The maximum atomic E-state index is 11.6. The van der Waals surface area contributed by atoms with E-state index in [9.17, 15) is 9.90 Å². The average molecular weight is 240 g/mol. The largest absolute Gasteiger partial charge is 0.481 e. The maximum Gasteiger partial charge on any atom is 0.307 e. The quantitative estimate of drug-likeness (QED) is 0.773. The topological polar surface area (TPSA) is 52.6 Å². The van der Waals surface area contributed by atoms with Crippen LogP contribution < -0.4 is 5.32 Å². The van der Waals surface area contributed by atoms with Crippen LogP contribution in [0.5, 0.6) is 0 Å². The van der Waals surface area contributed by atoms with Gasteiger partial charge in [0.1, 0.15) is 0 Å². The second-order valence-electron chi connectivity index (χ2n) is 5.62. The van der Waals surface area contributed by atoms with Crippen molar-refractivity contribution in [3.05, 3.63) is 0 Å². The molecule has 2 heterocycles. The second kappa shape index (κ2) is 5.83. The predicted octanol–water partition coefficient (Wildman–Crippen LogP) is 1.03. The molecule has 4 nitrogen and oxygen atoms in total. The van der Waals surface area contributed by atoms with Gasteiger partial charge in [0, 0.05) is 6.54 Å². The molecule has 2 atom stereocenters. The van der Waals surface area contributed by atoms with Gasteiger partial charge in [-0.2, -0.15) is 0 Å². The highest BCUT2D eigenvalue weighted by Gasteiger charge is 2.37. The van der Waals surface area contributed by atoms with Crippen LogP contribution in [0.4, 0.5) is 0 Å². The number of piperidine rings is 2. The van der Waals surface area contributed by atoms with Crippen LogP contribution in [0.1, 0.15) is 25.7 Å². The van der Waals surface area contributed by atoms with Gasteiger partial charge in [0.15, 0.2) is 0 Å². The first-order valence-corrected chi connectivity index (χ1v) is 6.80. The summed E-state index contributed by atoms with van der Waals surface area (Å²) in [6, 6.07) is 0. The van der Waals surface area contributed by atoms with Crippen LogP contribution in [0, 0.1) is 17.8 Å². The van der Waals surface area contributed by atoms with Crippen LogP contribution in [0.25, 0.3) is 0 Å². The number of hydrogen-bond donors (Lipinski definition) is 2. The summed E-state index contributed by atoms with van der Waals surface area (Å²) in [7, 11) is 2.10. The minimum absolute atomic E-state index is 0.125. The monoisotopic (exact) mass is 240 g/mol. The molecule has 2 aliphatic heterocycles. The number of aliphatic carboxylic acids is 1. The molecule has 0 aliphatic carbocycles. The van der Waals surface area contributed by atoms with Gasteiger partial charge < -0.3 is 15.3 Å². The molecule has 0 spiro atoms. The van der Waals surface area contributed by atoms with Gasteiger partial charge in [-0.05, 0) is 64.2 Å². The fraction of sp³-hybridized carbons (Fsp3) is 0.923. The Hall–Kier alpha value is -0.610. The number of nitrogens with one attached hydrogen (secondary N) is 1. The molecule has 98 valence electrons. The van der Waals surface area contributed by atoms with Crippen molar-refractivity contribution in [1.82, 2.24) is 10.2 Å². The van der Waals surface area contributed by atoms with E-state index in [1.165, 1.54) is 0 Å². The molecule has 0 amide bonds. The van der Waals surface area contributed by atoms with Gasteiger partial charge in [-0.25, -0.2) is 0 Å². The summed E-state index contributed by atoms with van der Waals surface area (Å²) in [4.78, 5) is 13.8. The summed E-state index contributed by atoms with van der Waals surface area (Å²) in [5, 5.41) is 12.8. The summed E-state index contributed by atoms with van der Waals surface area (Å²) >= 11 is 0. The maximum absolute atomic E-state index is 11.6. The number of rotatable bonds is 3. The Kier molecular flexibility index (Phi) is 4.40. The van der Waals surface area contributed by atoms with Crippen LogP contribution in [0.15, 0.2) is 0 Å². The van der Waals surface area contributed by atoms with Gasteiger partial charge in [-0.3, -0.25) is 4.79 Å². The smallest absolute Gasteiger partial charge is 0.307 e. The molecule has 2 rings (SSSR count). The van der Waals surface area contributed by atoms with Crippen molar-refractivity contribution in [2.45, 2.75) is 25.7 Å². The number of carboxylic acids is 1. The zero-order valence-corrected chi connectivity index (χ0v) is 10.7. The van der Waals surface area contributed by atoms with Crippen molar-refractivity contribution in [1.29, 1.82) is 0 Å². The standard InChI is InChI=1S/C13H24N2O2/c1-15-8-2-3-11(9-15)12(13(16)17)10-4-6-14-7-5-10/h10-12,14H,2-9H2,1H3,(H,16,17). The molecular formula is C13H24N2O2. The summed E-state index contributed by atoms with van der Waals surface area (Å²) in [5.41, 5.74) is 0. The lowest BCUT2D eigenvalue weighted by Crippen LogP contribution is -2.44. The summed E-state index contributed by atoms with van der Waals surface area (Å²) < 4.78 is 0. The van der Waals surface area contributed by atoms with Crippen molar-refractivity contribution < 1.29 is 9.90 Å². The molecule has 2 aliphatic rings. The van der Waals surface area contributed by atoms with Gasteiger partial charge >= 0.3 is 5.97 Å². The lowest BCUT2D eigenvalue weighted by Gasteiger charge is -2.38. The van der Waals surface area contributed by atoms with Crippen molar-refractivity contribution in [3.8, 4) is 0 Å². The lowest BCUT2D eigenvalue weighted by molar-refractivity contribution is -0.147. The molecule has 0 aromatic carbocycles. The molecule has 2 saturated heterocycles. The van der Waals surface area contributed by atoms with Crippen LogP contribution in [0.3, 0.4) is 0 Å². The van der Waals surface area contributed by atoms with E-state index >= 15 is 0 Å². The normalized spacial score (nSPS) is 30.1. The molecule has 0 saturated carbocycles. The third-order valence-corrected chi connectivity index (χ3v) is 4.35. The SMILES string of the molecule is CN1CCCC(C(C(=O)O)C2CCNCC2)C1. The molecule has 0 bridgehead atoms. The van der Waals surface area contributed by atoms with Crippen LogP contribution in [-0.2, 0) is 4.79 Å². The summed E-state index contributed by atoms with van der Waals surface area (Å²) in [5.74, 6) is 0.0386. The number of carbonyl (C=O) groups is 1. The Morgan fingerprint density at radius 1 is 1.29 bits per heavy atom. The minimum Gasteiger partial charge on any atom is -0.481 e. The van der Waals surface area contributed by atoms with E-state index in [2.05, 4.69) is 17.3 Å². The Balaban J connectivity index is 2.02. The van der Waals surface area contributed by atoms with Crippen molar-refractivity contribution in [2.75, 3.05) is 33.2 Å². The Morgan fingerprint density at radius 3 is 2.59 bits per heavy atom. The zero-order chi connectivity index (χ0) is 12.3. The van der Waals surface area contributed by atoms with E-state index in [0.29, 0.717) is 11.8 Å². The van der Waals surface area contributed by atoms with E-state index in [-0.39, 0.29) is 5.92 Å². The number of nitrogens with zero attached hydrogens (tertiary/aromatic N) is 1. The average Bonchev–Trinajstić information content (AvgIpc) is 2.30. The summed E-state index contributed by atoms with van der Waals surface area (Å²) in [6.07, 6.45) is 4.29. The van der Waals surface area contributed by atoms with Gasteiger partial charge in [-0.1, -0.05) is 0 Å². The third kappa shape index (κ3) is 3.19. The number of hydrogen-bond acceptors (Lipinski definition) is 3. The number of carboxylic acid groups (broad SMARTS) is 1. The molecular weight excluding hydrogens is 216 g/mol.